The molecule has 0 heterocycles. The number of nitrogen functional groups attached to an aromatic ring is 1. The maximum absolute atomic E-state index is 12.0. The van der Waals surface area contributed by atoms with Crippen LogP contribution in [0.1, 0.15) is 5.56 Å². The van der Waals surface area contributed by atoms with Crippen molar-refractivity contribution in [1.29, 1.82) is 0 Å². The molecule has 1 aromatic carbocycles. The molecule has 0 fully saturated rings. The molecule has 0 aliphatic rings. The van der Waals surface area contributed by atoms with E-state index in [4.69, 9.17) is 10.5 Å². The highest BCUT2D eigenvalue weighted by Gasteiger charge is 2.28. The molecular weight excluding hydrogens is 195 g/mol. The summed E-state index contributed by atoms with van der Waals surface area (Å²) in [4.78, 5) is 0. The van der Waals surface area contributed by atoms with Crippen LogP contribution in [-0.2, 0) is 6.42 Å². The largest absolute Gasteiger partial charge is 0.497 e. The molecule has 0 atom stereocenters. The third-order valence-corrected chi connectivity index (χ3v) is 1.74. The van der Waals surface area contributed by atoms with Gasteiger partial charge in [-0.25, -0.2) is 0 Å². The van der Waals surface area contributed by atoms with E-state index in [0.29, 0.717) is 5.75 Å². The van der Waals surface area contributed by atoms with Gasteiger partial charge < -0.3 is 10.5 Å². The summed E-state index contributed by atoms with van der Waals surface area (Å²) in [6.07, 6.45) is -5.24. The Balaban J connectivity index is 2.89. The summed E-state index contributed by atoms with van der Waals surface area (Å²) >= 11 is 0. The number of anilines is 1. The van der Waals surface area contributed by atoms with Crippen LogP contribution in [-0.4, -0.2) is 13.3 Å². The topological polar surface area (TPSA) is 35.2 Å². The van der Waals surface area contributed by atoms with Crippen molar-refractivity contribution in [3.05, 3.63) is 23.8 Å². The molecule has 1 rings (SSSR count). The highest BCUT2D eigenvalue weighted by atomic mass is 19.4. The van der Waals surface area contributed by atoms with Crippen molar-refractivity contribution >= 4 is 5.69 Å². The molecule has 0 radical (unpaired) electrons. The van der Waals surface area contributed by atoms with Gasteiger partial charge in [-0.05, 0) is 11.6 Å². The first-order valence-corrected chi connectivity index (χ1v) is 3.91. The van der Waals surface area contributed by atoms with Crippen LogP contribution in [0.15, 0.2) is 18.2 Å². The number of rotatable bonds is 2. The Hall–Kier alpha value is -1.39. The average molecular weight is 205 g/mol. The van der Waals surface area contributed by atoms with Crippen LogP contribution >= 0.6 is 0 Å². The van der Waals surface area contributed by atoms with Gasteiger partial charge in [0.15, 0.2) is 0 Å². The summed E-state index contributed by atoms with van der Waals surface area (Å²) in [5, 5.41) is 0. The minimum absolute atomic E-state index is 0.0679. The Kier molecular flexibility index (Phi) is 2.88. The highest BCUT2D eigenvalue weighted by molar-refractivity contribution is 5.51. The lowest BCUT2D eigenvalue weighted by Gasteiger charge is -2.10. The predicted molar refractivity (Wildman–Crippen MR) is 47.2 cm³/mol. The molecule has 0 bridgehead atoms. The van der Waals surface area contributed by atoms with E-state index in [1.807, 2.05) is 0 Å². The molecule has 0 amide bonds. The van der Waals surface area contributed by atoms with Gasteiger partial charge in [0.1, 0.15) is 5.75 Å². The Labute approximate surface area is 79.5 Å². The van der Waals surface area contributed by atoms with Gasteiger partial charge in [0.25, 0.3) is 0 Å². The standard InChI is InChI=1S/C9H10F3NO/c1-14-7-3-2-6(8(13)4-7)5-9(10,11)12/h2-4H,5,13H2,1H3. The molecule has 0 aliphatic heterocycles. The zero-order chi connectivity index (χ0) is 10.8. The molecule has 0 saturated heterocycles. The maximum Gasteiger partial charge on any atom is 0.393 e. The lowest BCUT2D eigenvalue weighted by Crippen LogP contribution is -2.12. The first-order valence-electron chi connectivity index (χ1n) is 3.91. The van der Waals surface area contributed by atoms with Gasteiger partial charge in [-0.1, -0.05) is 6.07 Å². The molecule has 0 unspecified atom stereocenters. The van der Waals surface area contributed by atoms with Crippen molar-refractivity contribution in [2.45, 2.75) is 12.6 Å². The quantitative estimate of drug-likeness (QED) is 0.752. The molecule has 0 aliphatic carbocycles. The average Bonchev–Trinajstić information content (AvgIpc) is 2.06. The van der Waals surface area contributed by atoms with E-state index in [1.54, 1.807) is 0 Å². The summed E-state index contributed by atoms with van der Waals surface area (Å²) in [5.74, 6) is 0.452. The van der Waals surface area contributed by atoms with Gasteiger partial charge in [-0.2, -0.15) is 13.2 Å². The number of methoxy groups -OCH3 is 1. The molecule has 0 spiro atoms. The summed E-state index contributed by atoms with van der Waals surface area (Å²) in [6.45, 7) is 0. The second-order valence-electron chi connectivity index (χ2n) is 2.86. The van der Waals surface area contributed by atoms with Crippen LogP contribution in [0.3, 0.4) is 0 Å². The molecule has 78 valence electrons. The van der Waals surface area contributed by atoms with E-state index in [1.165, 1.54) is 25.3 Å². The van der Waals surface area contributed by atoms with Crippen molar-refractivity contribution < 1.29 is 17.9 Å². The van der Waals surface area contributed by atoms with Gasteiger partial charge in [0, 0.05) is 11.8 Å². The first kappa shape index (κ1) is 10.7. The van der Waals surface area contributed by atoms with Crippen LogP contribution in [0.4, 0.5) is 18.9 Å². The number of halogens is 3. The number of hydrogen-bond acceptors (Lipinski definition) is 2. The lowest BCUT2D eigenvalue weighted by atomic mass is 10.1. The summed E-state index contributed by atoms with van der Waals surface area (Å²) < 4.78 is 40.9. The van der Waals surface area contributed by atoms with Gasteiger partial charge in [0.05, 0.1) is 13.5 Å². The lowest BCUT2D eigenvalue weighted by molar-refractivity contribution is -0.127. The second kappa shape index (κ2) is 3.77. The fourth-order valence-electron chi connectivity index (χ4n) is 1.08. The molecule has 2 N–H and O–H groups in total. The van der Waals surface area contributed by atoms with E-state index in [0.717, 1.165) is 0 Å². The van der Waals surface area contributed by atoms with Crippen molar-refractivity contribution in [1.82, 2.24) is 0 Å². The first-order chi connectivity index (χ1) is 6.42. The Bertz CT molecular complexity index is 322. The zero-order valence-electron chi connectivity index (χ0n) is 7.56. The fraction of sp³-hybridized carbons (Fsp3) is 0.333. The molecule has 5 heteroatoms. The van der Waals surface area contributed by atoms with Gasteiger partial charge in [-0.15, -0.1) is 0 Å². The van der Waals surface area contributed by atoms with Gasteiger partial charge in [0.2, 0.25) is 0 Å². The van der Waals surface area contributed by atoms with Crippen molar-refractivity contribution in [3.8, 4) is 5.75 Å². The SMILES string of the molecule is COc1ccc(CC(F)(F)F)c(N)c1. The Morgan fingerprint density at radius 3 is 2.43 bits per heavy atom. The van der Waals surface area contributed by atoms with Crippen LogP contribution < -0.4 is 10.5 Å². The van der Waals surface area contributed by atoms with Crippen molar-refractivity contribution in [3.63, 3.8) is 0 Å². The molecule has 2 nitrogen and oxygen atoms in total. The van der Waals surface area contributed by atoms with Gasteiger partial charge >= 0.3 is 6.18 Å². The molecule has 1 aromatic rings. The van der Waals surface area contributed by atoms with Crippen molar-refractivity contribution in [2.75, 3.05) is 12.8 Å². The van der Waals surface area contributed by atoms with E-state index in [9.17, 15) is 13.2 Å². The number of alkyl halides is 3. The number of hydrogen-bond donors (Lipinski definition) is 1. The normalized spacial score (nSPS) is 11.4. The van der Waals surface area contributed by atoms with E-state index in [-0.39, 0.29) is 11.3 Å². The van der Waals surface area contributed by atoms with E-state index in [2.05, 4.69) is 0 Å². The molecular formula is C9H10F3NO. The van der Waals surface area contributed by atoms with E-state index < -0.39 is 12.6 Å². The third-order valence-electron chi connectivity index (χ3n) is 1.74. The summed E-state index contributed by atoms with van der Waals surface area (Å²) in [6, 6.07) is 4.15. The number of benzene rings is 1. The smallest absolute Gasteiger partial charge is 0.393 e. The third kappa shape index (κ3) is 2.83. The van der Waals surface area contributed by atoms with Gasteiger partial charge in [-0.3, -0.25) is 0 Å². The second-order valence-corrected chi connectivity index (χ2v) is 2.86. The van der Waals surface area contributed by atoms with Crippen LogP contribution in [0.25, 0.3) is 0 Å². The number of nitrogens with two attached hydrogens (primary N) is 1. The Morgan fingerprint density at radius 1 is 1.36 bits per heavy atom. The highest BCUT2D eigenvalue weighted by Crippen LogP contribution is 2.27. The minimum Gasteiger partial charge on any atom is -0.497 e. The predicted octanol–water partition coefficient (Wildman–Crippen LogP) is 2.38. The van der Waals surface area contributed by atoms with Crippen LogP contribution in [0, 0.1) is 0 Å². The summed E-state index contributed by atoms with van der Waals surface area (Å²) in [7, 11) is 1.43. The molecule has 14 heavy (non-hydrogen) atoms. The van der Waals surface area contributed by atoms with E-state index >= 15 is 0 Å². The van der Waals surface area contributed by atoms with Crippen LogP contribution in [0.5, 0.6) is 5.75 Å². The van der Waals surface area contributed by atoms with Crippen LogP contribution in [0.2, 0.25) is 0 Å². The number of ether oxygens (including phenoxy) is 1. The molecule has 0 saturated carbocycles. The maximum atomic E-state index is 12.0. The summed E-state index contributed by atoms with van der Waals surface area (Å²) in [5.41, 5.74) is 5.59. The fourth-order valence-corrected chi connectivity index (χ4v) is 1.08. The Morgan fingerprint density at radius 2 is 2.00 bits per heavy atom. The molecule has 0 aromatic heterocycles. The zero-order valence-corrected chi connectivity index (χ0v) is 7.56. The minimum atomic E-state index is -4.23. The monoisotopic (exact) mass is 205 g/mol. The van der Waals surface area contributed by atoms with Crippen molar-refractivity contribution in [2.24, 2.45) is 0 Å².